The molecule has 1 heterocycles. The van der Waals surface area contributed by atoms with Crippen LogP contribution in [0.25, 0.3) is 0 Å². The molecular weight excluding hydrogens is 264 g/mol. The van der Waals surface area contributed by atoms with Gasteiger partial charge in [0.2, 0.25) is 11.8 Å². The van der Waals surface area contributed by atoms with Crippen molar-refractivity contribution >= 4 is 23.2 Å². The van der Waals surface area contributed by atoms with Crippen LogP contribution in [0.2, 0.25) is 0 Å². The zero-order chi connectivity index (χ0) is 14.8. The highest BCUT2D eigenvalue weighted by molar-refractivity contribution is 5.98. The Morgan fingerprint density at radius 3 is 2.86 bits per heavy atom. The molecule has 0 bridgehead atoms. The molecular formula is C17H22N2O2. The van der Waals surface area contributed by atoms with Gasteiger partial charge in [-0.3, -0.25) is 9.59 Å². The minimum atomic E-state index is 0.0548. The van der Waals surface area contributed by atoms with Crippen LogP contribution in [0.3, 0.4) is 0 Å². The van der Waals surface area contributed by atoms with Gasteiger partial charge >= 0.3 is 0 Å². The molecule has 3 rings (SSSR count). The number of nitrogens with zero attached hydrogens (tertiary/aromatic N) is 1. The zero-order valence-corrected chi connectivity index (χ0v) is 12.5. The van der Waals surface area contributed by atoms with Crippen LogP contribution in [0, 0.1) is 5.92 Å². The molecule has 0 atom stereocenters. The monoisotopic (exact) mass is 286 g/mol. The fourth-order valence-electron chi connectivity index (χ4n) is 2.91. The van der Waals surface area contributed by atoms with E-state index in [1.165, 1.54) is 5.56 Å². The van der Waals surface area contributed by atoms with Crippen LogP contribution in [0.15, 0.2) is 18.2 Å². The summed E-state index contributed by atoms with van der Waals surface area (Å²) in [7, 11) is 0. The van der Waals surface area contributed by atoms with Gasteiger partial charge in [-0.1, -0.05) is 6.92 Å². The van der Waals surface area contributed by atoms with Crippen molar-refractivity contribution in [2.75, 3.05) is 16.8 Å². The van der Waals surface area contributed by atoms with E-state index in [2.05, 4.69) is 5.32 Å². The molecule has 1 fully saturated rings. The van der Waals surface area contributed by atoms with Gasteiger partial charge in [-0.05, 0) is 55.9 Å². The average Bonchev–Trinajstić information content (AvgIpc) is 3.30. The molecule has 0 aromatic heterocycles. The second-order valence-electron chi connectivity index (χ2n) is 6.01. The van der Waals surface area contributed by atoms with Crippen LogP contribution in [-0.2, 0) is 16.0 Å². The first kappa shape index (κ1) is 14.1. The highest BCUT2D eigenvalue weighted by Crippen LogP contribution is 2.36. The van der Waals surface area contributed by atoms with E-state index < -0.39 is 0 Å². The summed E-state index contributed by atoms with van der Waals surface area (Å²) in [6.07, 6.45) is 5.44. The highest BCUT2D eigenvalue weighted by Gasteiger charge is 2.35. The summed E-state index contributed by atoms with van der Waals surface area (Å²) in [5.74, 6) is 0.581. The van der Waals surface area contributed by atoms with E-state index in [4.69, 9.17) is 0 Å². The van der Waals surface area contributed by atoms with Gasteiger partial charge in [-0.15, -0.1) is 0 Å². The standard InChI is InChI=1S/C17H22N2O2/c1-2-4-16(20)18-14-8-9-15-13(11-14)5-3-10-19(15)17(21)12-6-7-12/h8-9,11-12H,2-7,10H2,1H3,(H,18,20). The molecule has 0 radical (unpaired) electrons. The van der Waals surface area contributed by atoms with Gasteiger partial charge in [-0.25, -0.2) is 0 Å². The molecule has 1 aromatic carbocycles. The van der Waals surface area contributed by atoms with Crippen molar-refractivity contribution in [3.8, 4) is 0 Å². The number of aryl methyl sites for hydroxylation is 1. The van der Waals surface area contributed by atoms with Crippen molar-refractivity contribution in [1.82, 2.24) is 0 Å². The van der Waals surface area contributed by atoms with Crippen molar-refractivity contribution in [3.05, 3.63) is 23.8 Å². The minimum absolute atomic E-state index is 0.0548. The zero-order valence-electron chi connectivity index (χ0n) is 12.5. The average molecular weight is 286 g/mol. The lowest BCUT2D eigenvalue weighted by atomic mass is 10.0. The number of fused-ring (bicyclic) bond motifs is 1. The van der Waals surface area contributed by atoms with Crippen LogP contribution in [0.4, 0.5) is 11.4 Å². The summed E-state index contributed by atoms with van der Waals surface area (Å²) in [6, 6.07) is 5.91. The van der Waals surface area contributed by atoms with Crippen LogP contribution in [0.5, 0.6) is 0 Å². The molecule has 1 aromatic rings. The molecule has 2 amide bonds. The van der Waals surface area contributed by atoms with E-state index in [1.54, 1.807) is 0 Å². The lowest BCUT2D eigenvalue weighted by Crippen LogP contribution is -2.36. The van der Waals surface area contributed by atoms with Gasteiger partial charge in [-0.2, -0.15) is 0 Å². The van der Waals surface area contributed by atoms with Crippen LogP contribution in [-0.4, -0.2) is 18.4 Å². The van der Waals surface area contributed by atoms with E-state index in [9.17, 15) is 9.59 Å². The number of hydrogen-bond donors (Lipinski definition) is 1. The third-order valence-electron chi connectivity index (χ3n) is 4.15. The normalized spacial score (nSPS) is 17.3. The molecule has 0 saturated heterocycles. The first-order valence-electron chi connectivity index (χ1n) is 7.93. The second-order valence-corrected chi connectivity index (χ2v) is 6.01. The Hall–Kier alpha value is -1.84. The smallest absolute Gasteiger partial charge is 0.230 e. The van der Waals surface area contributed by atoms with Gasteiger partial charge in [0.15, 0.2) is 0 Å². The summed E-state index contributed by atoms with van der Waals surface area (Å²) in [5.41, 5.74) is 3.05. The number of amides is 2. The van der Waals surface area contributed by atoms with E-state index in [1.807, 2.05) is 30.0 Å². The first-order valence-corrected chi connectivity index (χ1v) is 7.93. The molecule has 1 aliphatic heterocycles. The van der Waals surface area contributed by atoms with Gasteiger partial charge in [0.25, 0.3) is 0 Å². The maximum absolute atomic E-state index is 12.3. The lowest BCUT2D eigenvalue weighted by molar-refractivity contribution is -0.120. The topological polar surface area (TPSA) is 49.4 Å². The molecule has 112 valence electrons. The van der Waals surface area contributed by atoms with Gasteiger partial charge in [0, 0.05) is 30.3 Å². The molecule has 4 heteroatoms. The Kier molecular flexibility index (Phi) is 3.95. The largest absolute Gasteiger partial charge is 0.326 e. The van der Waals surface area contributed by atoms with Crippen molar-refractivity contribution in [3.63, 3.8) is 0 Å². The number of hydrogen-bond acceptors (Lipinski definition) is 2. The fourth-order valence-corrected chi connectivity index (χ4v) is 2.91. The number of rotatable bonds is 4. The quantitative estimate of drug-likeness (QED) is 0.924. The molecule has 1 saturated carbocycles. The van der Waals surface area contributed by atoms with E-state index >= 15 is 0 Å². The van der Waals surface area contributed by atoms with Crippen LogP contribution in [0.1, 0.15) is 44.6 Å². The fraction of sp³-hybridized carbons (Fsp3) is 0.529. The molecule has 2 aliphatic rings. The van der Waals surface area contributed by atoms with Crippen molar-refractivity contribution in [2.24, 2.45) is 5.92 Å². The summed E-state index contributed by atoms with van der Waals surface area (Å²) in [4.78, 5) is 25.9. The molecule has 21 heavy (non-hydrogen) atoms. The lowest BCUT2D eigenvalue weighted by Gasteiger charge is -2.30. The summed E-state index contributed by atoms with van der Waals surface area (Å²) < 4.78 is 0. The SMILES string of the molecule is CCCC(=O)Nc1ccc2c(c1)CCCN2C(=O)C1CC1. The molecule has 1 aliphatic carbocycles. The number of carbonyl (C=O) groups is 2. The predicted octanol–water partition coefficient (Wildman–Crippen LogP) is 3.11. The van der Waals surface area contributed by atoms with E-state index in [-0.39, 0.29) is 17.7 Å². The Morgan fingerprint density at radius 2 is 2.14 bits per heavy atom. The summed E-state index contributed by atoms with van der Waals surface area (Å²) >= 11 is 0. The van der Waals surface area contributed by atoms with E-state index in [0.29, 0.717) is 6.42 Å². The number of anilines is 2. The molecule has 1 N–H and O–H groups in total. The number of carbonyl (C=O) groups excluding carboxylic acids is 2. The maximum atomic E-state index is 12.3. The highest BCUT2D eigenvalue weighted by atomic mass is 16.2. The Morgan fingerprint density at radius 1 is 1.33 bits per heavy atom. The summed E-state index contributed by atoms with van der Waals surface area (Å²) in [6.45, 7) is 2.82. The Balaban J connectivity index is 1.78. The molecule has 0 spiro atoms. The van der Waals surface area contributed by atoms with Crippen molar-refractivity contribution in [1.29, 1.82) is 0 Å². The van der Waals surface area contributed by atoms with Crippen molar-refractivity contribution in [2.45, 2.75) is 45.4 Å². The van der Waals surface area contributed by atoms with Gasteiger partial charge in [0.05, 0.1) is 0 Å². The van der Waals surface area contributed by atoms with Crippen LogP contribution >= 0.6 is 0 Å². The van der Waals surface area contributed by atoms with E-state index in [0.717, 1.165) is 50.0 Å². The maximum Gasteiger partial charge on any atom is 0.230 e. The minimum Gasteiger partial charge on any atom is -0.326 e. The second kappa shape index (κ2) is 5.88. The number of benzene rings is 1. The first-order chi connectivity index (χ1) is 10.2. The molecule has 4 nitrogen and oxygen atoms in total. The predicted molar refractivity (Wildman–Crippen MR) is 83.4 cm³/mol. The van der Waals surface area contributed by atoms with Crippen LogP contribution < -0.4 is 10.2 Å². The third-order valence-corrected chi connectivity index (χ3v) is 4.15. The third kappa shape index (κ3) is 3.09. The molecule has 0 unspecified atom stereocenters. The van der Waals surface area contributed by atoms with Crippen molar-refractivity contribution < 1.29 is 9.59 Å². The number of nitrogens with one attached hydrogen (secondary N) is 1. The van der Waals surface area contributed by atoms with Gasteiger partial charge < -0.3 is 10.2 Å². The Labute approximate surface area is 125 Å². The van der Waals surface area contributed by atoms with Gasteiger partial charge in [0.1, 0.15) is 0 Å². The summed E-state index contributed by atoms with van der Waals surface area (Å²) in [5, 5.41) is 2.93. The Bertz CT molecular complexity index is 564.